The second kappa shape index (κ2) is 6.94. The molecule has 3 unspecified atom stereocenters. The fraction of sp³-hybridized carbons (Fsp3) is 0.450. The predicted molar refractivity (Wildman–Crippen MR) is 100 cm³/mol. The molecule has 1 saturated heterocycles. The van der Waals surface area contributed by atoms with Gasteiger partial charge in [-0.1, -0.05) is 25.0 Å². The number of phenolic OH excluding ortho intramolecular Hbond substituents is 1. The standard InChI is InChI=1S/C20H24N4O2/c1-13-6-4-8-15(18(13)25)23-19(26)17-12-14-7-2-3-9-16(14)24(17)20-21-10-5-11-22-20/h4-6,8,10-11,14,16-17,25H,2-3,7,9,12H2,1H3,(H,23,26). The minimum atomic E-state index is -0.314. The van der Waals surface area contributed by atoms with Gasteiger partial charge in [0, 0.05) is 18.4 Å². The number of rotatable bonds is 3. The van der Waals surface area contributed by atoms with Crippen LogP contribution in [-0.2, 0) is 4.79 Å². The molecule has 2 aromatic rings. The van der Waals surface area contributed by atoms with Crippen LogP contribution < -0.4 is 10.2 Å². The van der Waals surface area contributed by atoms with Crippen LogP contribution >= 0.6 is 0 Å². The molecule has 1 aliphatic carbocycles. The first-order chi connectivity index (χ1) is 12.6. The van der Waals surface area contributed by atoms with Gasteiger partial charge in [-0.05, 0) is 49.8 Å². The van der Waals surface area contributed by atoms with Crippen LogP contribution in [0.1, 0.15) is 37.7 Å². The van der Waals surface area contributed by atoms with E-state index in [9.17, 15) is 9.90 Å². The molecule has 6 nitrogen and oxygen atoms in total. The van der Waals surface area contributed by atoms with Crippen LogP contribution in [0, 0.1) is 12.8 Å². The van der Waals surface area contributed by atoms with Crippen LogP contribution in [0.4, 0.5) is 11.6 Å². The molecule has 3 atom stereocenters. The van der Waals surface area contributed by atoms with E-state index in [1.54, 1.807) is 24.5 Å². The first-order valence-corrected chi connectivity index (χ1v) is 9.30. The Morgan fingerprint density at radius 2 is 1.96 bits per heavy atom. The Kier molecular flexibility index (Phi) is 4.49. The number of fused-ring (bicyclic) bond motifs is 1. The molecule has 0 bridgehead atoms. The highest BCUT2D eigenvalue weighted by Gasteiger charge is 2.46. The zero-order valence-corrected chi connectivity index (χ0v) is 14.9. The van der Waals surface area contributed by atoms with E-state index < -0.39 is 0 Å². The molecule has 0 radical (unpaired) electrons. The van der Waals surface area contributed by atoms with Crippen LogP contribution in [-0.4, -0.2) is 33.1 Å². The molecule has 2 N–H and O–H groups in total. The van der Waals surface area contributed by atoms with Crippen LogP contribution in [0.3, 0.4) is 0 Å². The summed E-state index contributed by atoms with van der Waals surface area (Å²) in [6, 6.07) is 7.16. The number of nitrogens with one attached hydrogen (secondary N) is 1. The van der Waals surface area contributed by atoms with Gasteiger partial charge in [-0.2, -0.15) is 0 Å². The van der Waals surface area contributed by atoms with E-state index in [1.165, 1.54) is 12.8 Å². The molecular weight excluding hydrogens is 328 g/mol. The quantitative estimate of drug-likeness (QED) is 0.829. The molecule has 1 saturated carbocycles. The van der Waals surface area contributed by atoms with Crippen molar-refractivity contribution in [3.8, 4) is 5.75 Å². The molecule has 1 aliphatic heterocycles. The molecule has 0 spiro atoms. The number of anilines is 2. The summed E-state index contributed by atoms with van der Waals surface area (Å²) >= 11 is 0. The van der Waals surface area contributed by atoms with Gasteiger partial charge in [0.15, 0.2) is 0 Å². The third-order valence-electron chi connectivity index (χ3n) is 5.67. The summed E-state index contributed by atoms with van der Waals surface area (Å²) < 4.78 is 0. The Balaban J connectivity index is 1.62. The molecule has 2 fully saturated rings. The third kappa shape index (κ3) is 3.00. The molecule has 6 heteroatoms. The van der Waals surface area contributed by atoms with E-state index in [0.29, 0.717) is 23.6 Å². The van der Waals surface area contributed by atoms with E-state index in [0.717, 1.165) is 24.8 Å². The fourth-order valence-corrected chi connectivity index (χ4v) is 4.38. The number of hydrogen-bond acceptors (Lipinski definition) is 5. The predicted octanol–water partition coefficient (Wildman–Crippen LogP) is 3.27. The molecule has 2 heterocycles. The van der Waals surface area contributed by atoms with Crippen molar-refractivity contribution in [3.05, 3.63) is 42.2 Å². The summed E-state index contributed by atoms with van der Waals surface area (Å²) in [5, 5.41) is 13.1. The molecular formula is C20H24N4O2. The van der Waals surface area contributed by atoms with Crippen molar-refractivity contribution < 1.29 is 9.90 Å². The normalized spacial score (nSPS) is 25.0. The first kappa shape index (κ1) is 16.8. The highest BCUT2D eigenvalue weighted by molar-refractivity contribution is 5.98. The summed E-state index contributed by atoms with van der Waals surface area (Å²) in [5.41, 5.74) is 1.20. The summed E-state index contributed by atoms with van der Waals surface area (Å²) in [6.07, 6.45) is 8.87. The van der Waals surface area contributed by atoms with Crippen LogP contribution in [0.2, 0.25) is 0 Å². The van der Waals surface area contributed by atoms with Gasteiger partial charge in [0.1, 0.15) is 11.8 Å². The average molecular weight is 352 g/mol. The van der Waals surface area contributed by atoms with Crippen LogP contribution in [0.25, 0.3) is 0 Å². The molecule has 26 heavy (non-hydrogen) atoms. The van der Waals surface area contributed by atoms with Crippen molar-refractivity contribution in [2.75, 3.05) is 10.2 Å². The summed E-state index contributed by atoms with van der Waals surface area (Å²) in [4.78, 5) is 24.0. The molecule has 1 aromatic carbocycles. The van der Waals surface area contributed by atoms with Gasteiger partial charge >= 0.3 is 0 Å². The number of carbonyl (C=O) groups excluding carboxylic acids is 1. The lowest BCUT2D eigenvalue weighted by Crippen LogP contribution is -2.45. The summed E-state index contributed by atoms with van der Waals surface area (Å²) in [6.45, 7) is 1.82. The van der Waals surface area contributed by atoms with E-state index in [-0.39, 0.29) is 17.7 Å². The SMILES string of the molecule is Cc1cccc(NC(=O)C2CC3CCCCC3N2c2ncccn2)c1O. The number of amides is 1. The lowest BCUT2D eigenvalue weighted by molar-refractivity contribution is -0.117. The zero-order valence-electron chi connectivity index (χ0n) is 14.9. The largest absolute Gasteiger partial charge is 0.505 e. The van der Waals surface area contributed by atoms with Crippen LogP contribution in [0.5, 0.6) is 5.75 Å². The average Bonchev–Trinajstić information content (AvgIpc) is 3.06. The minimum Gasteiger partial charge on any atom is -0.505 e. The first-order valence-electron chi connectivity index (χ1n) is 9.30. The number of phenols is 1. The highest BCUT2D eigenvalue weighted by atomic mass is 16.3. The third-order valence-corrected chi connectivity index (χ3v) is 5.67. The van der Waals surface area contributed by atoms with E-state index in [2.05, 4.69) is 20.2 Å². The molecule has 2 aliphatic rings. The van der Waals surface area contributed by atoms with E-state index in [1.807, 2.05) is 19.1 Å². The fourth-order valence-electron chi connectivity index (χ4n) is 4.38. The van der Waals surface area contributed by atoms with Crippen LogP contribution in [0.15, 0.2) is 36.7 Å². The van der Waals surface area contributed by atoms with E-state index >= 15 is 0 Å². The Morgan fingerprint density at radius 1 is 1.19 bits per heavy atom. The van der Waals surface area contributed by atoms with Gasteiger partial charge in [0.25, 0.3) is 0 Å². The van der Waals surface area contributed by atoms with Crippen molar-refractivity contribution in [2.24, 2.45) is 5.92 Å². The number of aromatic hydroxyl groups is 1. The highest BCUT2D eigenvalue weighted by Crippen LogP contribution is 2.41. The van der Waals surface area contributed by atoms with Gasteiger partial charge in [-0.3, -0.25) is 4.79 Å². The lowest BCUT2D eigenvalue weighted by Gasteiger charge is -2.33. The number of aromatic nitrogens is 2. The van der Waals surface area contributed by atoms with Gasteiger partial charge in [0.2, 0.25) is 11.9 Å². The van der Waals surface area contributed by atoms with Crippen molar-refractivity contribution in [1.29, 1.82) is 0 Å². The molecule has 1 aromatic heterocycles. The maximum atomic E-state index is 13.1. The van der Waals surface area contributed by atoms with Crippen molar-refractivity contribution in [3.63, 3.8) is 0 Å². The van der Waals surface area contributed by atoms with Crippen molar-refractivity contribution in [1.82, 2.24) is 9.97 Å². The monoisotopic (exact) mass is 352 g/mol. The molecule has 1 amide bonds. The Morgan fingerprint density at radius 3 is 2.77 bits per heavy atom. The van der Waals surface area contributed by atoms with E-state index in [4.69, 9.17) is 0 Å². The maximum Gasteiger partial charge on any atom is 0.247 e. The Bertz CT molecular complexity index is 796. The number of benzene rings is 1. The van der Waals surface area contributed by atoms with Gasteiger partial charge in [-0.15, -0.1) is 0 Å². The maximum absolute atomic E-state index is 13.1. The van der Waals surface area contributed by atoms with Gasteiger partial charge in [-0.25, -0.2) is 9.97 Å². The molecule has 136 valence electrons. The second-order valence-corrected chi connectivity index (χ2v) is 7.28. The number of aryl methyl sites for hydroxylation is 1. The zero-order chi connectivity index (χ0) is 18.1. The number of carbonyl (C=O) groups is 1. The second-order valence-electron chi connectivity index (χ2n) is 7.28. The molecule has 4 rings (SSSR count). The summed E-state index contributed by atoms with van der Waals surface area (Å²) in [5.74, 6) is 1.14. The topological polar surface area (TPSA) is 78.4 Å². The van der Waals surface area contributed by atoms with Gasteiger partial charge in [0.05, 0.1) is 5.69 Å². The lowest BCUT2D eigenvalue weighted by atomic mass is 9.85. The smallest absolute Gasteiger partial charge is 0.247 e. The summed E-state index contributed by atoms with van der Waals surface area (Å²) in [7, 11) is 0. The van der Waals surface area contributed by atoms with Crippen molar-refractivity contribution in [2.45, 2.75) is 51.1 Å². The van der Waals surface area contributed by atoms with Gasteiger partial charge < -0.3 is 15.3 Å². The number of para-hydroxylation sites is 1. The number of nitrogens with zero attached hydrogens (tertiary/aromatic N) is 3. The minimum absolute atomic E-state index is 0.104. The Hall–Kier alpha value is -2.63. The number of hydrogen-bond donors (Lipinski definition) is 2. The van der Waals surface area contributed by atoms with Crippen molar-refractivity contribution >= 4 is 17.5 Å². The Labute approximate surface area is 153 Å².